The summed E-state index contributed by atoms with van der Waals surface area (Å²) in [5, 5.41) is 4.94. The number of halogens is 5. The topological polar surface area (TPSA) is 41.1 Å². The zero-order chi connectivity index (χ0) is 16.5. The van der Waals surface area contributed by atoms with Crippen molar-refractivity contribution in [1.29, 1.82) is 0 Å². The Morgan fingerprint density at radius 3 is 2.36 bits per heavy atom. The number of nitrogens with one attached hydrogen (secondary N) is 2. The lowest BCUT2D eigenvalue weighted by Crippen LogP contribution is -2.41. The molecule has 8 heteroatoms. The molecule has 1 aliphatic heterocycles. The molecule has 1 amide bonds. The molecule has 1 heterocycles. The van der Waals surface area contributed by atoms with Gasteiger partial charge in [-0.3, -0.25) is 10.1 Å². The largest absolute Gasteiger partial charge is 0.416 e. The summed E-state index contributed by atoms with van der Waals surface area (Å²) < 4.78 is 63.4. The van der Waals surface area contributed by atoms with Gasteiger partial charge in [-0.05, 0) is 24.6 Å². The molecule has 0 aliphatic carbocycles. The fourth-order valence-electron chi connectivity index (χ4n) is 2.26. The number of carbonyl (C=O) groups is 1. The van der Waals surface area contributed by atoms with E-state index in [0.29, 0.717) is 5.56 Å². The average molecular weight is 322 g/mol. The summed E-state index contributed by atoms with van der Waals surface area (Å²) in [6, 6.07) is 2.77. The Bertz CT molecular complexity index is 541. The van der Waals surface area contributed by atoms with E-state index in [0.717, 1.165) is 12.1 Å². The molecular weight excluding hydrogens is 307 g/mol. The van der Waals surface area contributed by atoms with E-state index in [1.165, 1.54) is 12.1 Å². The van der Waals surface area contributed by atoms with Gasteiger partial charge in [-0.25, -0.2) is 8.78 Å². The molecule has 1 fully saturated rings. The van der Waals surface area contributed by atoms with Crippen LogP contribution >= 0.6 is 0 Å². The quantitative estimate of drug-likeness (QED) is 0.840. The maximum absolute atomic E-state index is 13.0. The first kappa shape index (κ1) is 16.7. The van der Waals surface area contributed by atoms with Crippen molar-refractivity contribution < 1.29 is 26.7 Å². The highest BCUT2D eigenvalue weighted by Gasteiger charge is 2.42. The minimum atomic E-state index is -4.43. The third kappa shape index (κ3) is 3.94. The normalized spacial score (nSPS) is 22.4. The van der Waals surface area contributed by atoms with E-state index in [1.807, 2.05) is 0 Å². The van der Waals surface area contributed by atoms with Crippen LogP contribution in [0.5, 0.6) is 0 Å². The molecule has 0 bridgehead atoms. The second-order valence-corrected chi connectivity index (χ2v) is 5.34. The highest BCUT2D eigenvalue weighted by molar-refractivity contribution is 5.82. The fourth-order valence-corrected chi connectivity index (χ4v) is 2.26. The number of hydrogen-bond donors (Lipinski definition) is 2. The van der Waals surface area contributed by atoms with E-state index in [9.17, 15) is 26.7 Å². The maximum Gasteiger partial charge on any atom is 0.416 e. The van der Waals surface area contributed by atoms with Crippen molar-refractivity contribution in [2.45, 2.75) is 37.5 Å². The number of alkyl halides is 5. The summed E-state index contributed by atoms with van der Waals surface area (Å²) in [5.74, 6) is -3.51. The molecule has 1 aromatic rings. The molecule has 0 radical (unpaired) electrons. The second-order valence-electron chi connectivity index (χ2n) is 5.34. The van der Waals surface area contributed by atoms with Crippen molar-refractivity contribution in [2.24, 2.45) is 0 Å². The molecule has 1 saturated heterocycles. The Labute approximate surface area is 123 Å². The summed E-state index contributed by atoms with van der Waals surface area (Å²) >= 11 is 0. The third-order valence-corrected chi connectivity index (χ3v) is 3.52. The minimum Gasteiger partial charge on any atom is -0.348 e. The van der Waals surface area contributed by atoms with Gasteiger partial charge in [0.25, 0.3) is 5.92 Å². The fraction of sp³-hybridized carbons (Fsp3) is 0.500. The number of carbonyl (C=O) groups excluding carboxylic acids is 1. The van der Waals surface area contributed by atoms with E-state index in [-0.39, 0.29) is 0 Å². The van der Waals surface area contributed by atoms with E-state index >= 15 is 0 Å². The first-order chi connectivity index (χ1) is 10.1. The van der Waals surface area contributed by atoms with Gasteiger partial charge in [0.15, 0.2) is 0 Å². The number of benzene rings is 1. The van der Waals surface area contributed by atoms with E-state index in [2.05, 4.69) is 10.6 Å². The van der Waals surface area contributed by atoms with Gasteiger partial charge in [-0.15, -0.1) is 0 Å². The van der Waals surface area contributed by atoms with Gasteiger partial charge in [0, 0.05) is 6.42 Å². The lowest BCUT2D eigenvalue weighted by atomic mass is 10.1. The minimum absolute atomic E-state index is 0.464. The molecule has 1 aliphatic rings. The van der Waals surface area contributed by atoms with Crippen molar-refractivity contribution in [1.82, 2.24) is 10.6 Å². The Morgan fingerprint density at radius 2 is 1.91 bits per heavy atom. The second kappa shape index (κ2) is 5.83. The first-order valence-electron chi connectivity index (χ1n) is 6.67. The number of rotatable bonds is 3. The number of amides is 1. The van der Waals surface area contributed by atoms with Gasteiger partial charge < -0.3 is 5.32 Å². The van der Waals surface area contributed by atoms with Crippen LogP contribution in [0.3, 0.4) is 0 Å². The zero-order valence-corrected chi connectivity index (χ0v) is 11.7. The molecule has 2 rings (SSSR count). The summed E-state index contributed by atoms with van der Waals surface area (Å²) in [7, 11) is 0. The van der Waals surface area contributed by atoms with Crippen LogP contribution in [0.25, 0.3) is 0 Å². The molecule has 122 valence electrons. The van der Waals surface area contributed by atoms with Crippen LogP contribution in [-0.4, -0.2) is 24.4 Å². The number of hydrogen-bond acceptors (Lipinski definition) is 2. The highest BCUT2D eigenvalue weighted by atomic mass is 19.4. The Morgan fingerprint density at radius 1 is 1.32 bits per heavy atom. The van der Waals surface area contributed by atoms with Gasteiger partial charge >= 0.3 is 6.18 Å². The molecular formula is C14H15F5N2O. The van der Waals surface area contributed by atoms with Gasteiger partial charge in [0.1, 0.15) is 0 Å². The van der Waals surface area contributed by atoms with Crippen LogP contribution in [0, 0.1) is 0 Å². The molecule has 2 unspecified atom stereocenters. The summed E-state index contributed by atoms with van der Waals surface area (Å²) in [6.45, 7) is 1.02. The van der Waals surface area contributed by atoms with Crippen LogP contribution in [-0.2, 0) is 11.0 Å². The van der Waals surface area contributed by atoms with Crippen molar-refractivity contribution in [3.05, 3.63) is 35.4 Å². The highest BCUT2D eigenvalue weighted by Crippen LogP contribution is 2.30. The molecule has 2 N–H and O–H groups in total. The van der Waals surface area contributed by atoms with Crippen molar-refractivity contribution in [2.75, 3.05) is 6.54 Å². The molecule has 0 spiro atoms. The molecule has 3 nitrogen and oxygen atoms in total. The zero-order valence-electron chi connectivity index (χ0n) is 11.7. The third-order valence-electron chi connectivity index (χ3n) is 3.52. The van der Waals surface area contributed by atoms with Crippen molar-refractivity contribution in [3.63, 3.8) is 0 Å². The SMILES string of the molecule is CC(NC(=O)C1CC(F)(F)CN1)c1ccc(C(F)(F)F)cc1. The summed E-state index contributed by atoms with van der Waals surface area (Å²) in [5.41, 5.74) is -0.321. The molecule has 2 atom stereocenters. The van der Waals surface area contributed by atoms with Crippen LogP contribution in [0.15, 0.2) is 24.3 Å². The maximum atomic E-state index is 13.0. The lowest BCUT2D eigenvalue weighted by molar-refractivity contribution is -0.137. The summed E-state index contributed by atoms with van der Waals surface area (Å²) in [4.78, 5) is 11.9. The van der Waals surface area contributed by atoms with Crippen LogP contribution < -0.4 is 10.6 Å². The predicted octanol–water partition coefficient (Wildman–Crippen LogP) is 2.88. The smallest absolute Gasteiger partial charge is 0.348 e. The van der Waals surface area contributed by atoms with E-state index < -0.39 is 48.6 Å². The monoisotopic (exact) mass is 322 g/mol. The Hall–Kier alpha value is -1.70. The van der Waals surface area contributed by atoms with Crippen LogP contribution in [0.2, 0.25) is 0 Å². The summed E-state index contributed by atoms with van der Waals surface area (Å²) in [6.07, 6.45) is -5.01. The Kier molecular flexibility index (Phi) is 4.42. The van der Waals surface area contributed by atoms with Crippen molar-refractivity contribution >= 4 is 5.91 Å². The van der Waals surface area contributed by atoms with Crippen molar-refractivity contribution in [3.8, 4) is 0 Å². The molecule has 22 heavy (non-hydrogen) atoms. The predicted molar refractivity (Wildman–Crippen MR) is 69.4 cm³/mol. The van der Waals surface area contributed by atoms with E-state index in [4.69, 9.17) is 0 Å². The Balaban J connectivity index is 1.97. The van der Waals surface area contributed by atoms with Gasteiger partial charge in [-0.2, -0.15) is 13.2 Å². The molecule has 0 saturated carbocycles. The van der Waals surface area contributed by atoms with Gasteiger partial charge in [-0.1, -0.05) is 12.1 Å². The standard InChI is InChI=1S/C14H15F5N2O/c1-8(9-2-4-10(5-3-9)14(17,18)19)21-12(22)11-6-13(15,16)7-20-11/h2-5,8,11,20H,6-7H2,1H3,(H,21,22). The van der Waals surface area contributed by atoms with Crippen LogP contribution in [0.4, 0.5) is 22.0 Å². The van der Waals surface area contributed by atoms with Crippen LogP contribution in [0.1, 0.15) is 30.5 Å². The average Bonchev–Trinajstić information content (AvgIpc) is 2.78. The first-order valence-corrected chi connectivity index (χ1v) is 6.67. The van der Waals surface area contributed by atoms with E-state index in [1.54, 1.807) is 6.92 Å². The molecule has 1 aromatic carbocycles. The van der Waals surface area contributed by atoms with Gasteiger partial charge in [0.2, 0.25) is 5.91 Å². The lowest BCUT2D eigenvalue weighted by Gasteiger charge is -2.18. The van der Waals surface area contributed by atoms with Gasteiger partial charge in [0.05, 0.1) is 24.2 Å². The molecule has 0 aromatic heterocycles.